The zero-order chi connectivity index (χ0) is 29.8. The fourth-order valence-corrected chi connectivity index (χ4v) is 7.35. The number of hydrogen-bond acceptors (Lipinski definition) is 6. The molecule has 0 saturated heterocycles. The lowest BCUT2D eigenvalue weighted by Crippen LogP contribution is -2.50. The topological polar surface area (TPSA) is 91.3 Å². The standard InChI is InChI=1S/C35H27O7P/c1-39-26-15-11-22(12-16-26)30-19-24-7-3-5-9-28(24)32-33-29-10-6-4-8-25(29)20-31(23-13-17-27(40-2)18-14-23)35(33,21-36)42-43(37,38)41-34(30)32/h3-21,31H,1-2H3,(H,37,38)/t31?,35-/m1/s1. The summed E-state index contributed by atoms with van der Waals surface area (Å²) in [5.74, 6) is 0.710. The number of methoxy groups -OCH3 is 2. The van der Waals surface area contributed by atoms with Crippen molar-refractivity contribution >= 4 is 36.5 Å². The van der Waals surface area contributed by atoms with Crippen LogP contribution in [0.3, 0.4) is 0 Å². The Morgan fingerprint density at radius 1 is 0.860 bits per heavy atom. The lowest BCUT2D eigenvalue weighted by molar-refractivity contribution is -0.118. The number of phosphoric acid groups is 1. The number of ether oxygens (including phenoxy) is 2. The predicted molar refractivity (Wildman–Crippen MR) is 165 cm³/mol. The monoisotopic (exact) mass is 590 g/mol. The third kappa shape index (κ3) is 4.36. The number of fused-ring (bicyclic) bond motifs is 6. The molecule has 1 aliphatic heterocycles. The maximum Gasteiger partial charge on any atom is 0.528 e. The molecule has 7 rings (SSSR count). The van der Waals surface area contributed by atoms with Gasteiger partial charge in [0.25, 0.3) is 0 Å². The maximum absolute atomic E-state index is 13.9. The van der Waals surface area contributed by atoms with Crippen LogP contribution in [0.2, 0.25) is 0 Å². The van der Waals surface area contributed by atoms with Crippen LogP contribution >= 0.6 is 7.82 Å². The van der Waals surface area contributed by atoms with E-state index in [0.29, 0.717) is 45.3 Å². The van der Waals surface area contributed by atoms with Crippen molar-refractivity contribution in [3.05, 3.63) is 125 Å². The first-order valence-corrected chi connectivity index (χ1v) is 15.2. The summed E-state index contributed by atoms with van der Waals surface area (Å²) in [6.07, 6.45) is 2.55. The molecule has 5 aromatic carbocycles. The van der Waals surface area contributed by atoms with E-state index in [1.165, 1.54) is 0 Å². The van der Waals surface area contributed by atoms with E-state index in [0.717, 1.165) is 21.6 Å². The van der Waals surface area contributed by atoms with Crippen molar-refractivity contribution in [2.24, 2.45) is 0 Å². The molecule has 0 spiro atoms. The highest BCUT2D eigenvalue weighted by atomic mass is 31.2. The van der Waals surface area contributed by atoms with Gasteiger partial charge in [-0.05, 0) is 62.7 Å². The highest BCUT2D eigenvalue weighted by Gasteiger charge is 2.54. The van der Waals surface area contributed by atoms with Gasteiger partial charge in [-0.25, -0.2) is 4.57 Å². The summed E-state index contributed by atoms with van der Waals surface area (Å²) in [5, 5.41) is 3.19. The van der Waals surface area contributed by atoms with Crippen molar-refractivity contribution in [1.29, 1.82) is 0 Å². The molecule has 0 saturated carbocycles. The first-order valence-electron chi connectivity index (χ1n) is 13.7. The van der Waals surface area contributed by atoms with Crippen molar-refractivity contribution in [3.63, 3.8) is 0 Å². The molecule has 7 nitrogen and oxygen atoms in total. The Morgan fingerprint density at radius 2 is 1.51 bits per heavy atom. The molecule has 2 aliphatic rings. The first-order chi connectivity index (χ1) is 20.9. The van der Waals surface area contributed by atoms with Crippen LogP contribution in [0.4, 0.5) is 0 Å². The highest BCUT2D eigenvalue weighted by Crippen LogP contribution is 2.61. The molecule has 3 atom stereocenters. The summed E-state index contributed by atoms with van der Waals surface area (Å²) in [5.41, 5.74) is 1.12. The summed E-state index contributed by atoms with van der Waals surface area (Å²) >= 11 is 0. The minimum atomic E-state index is -4.88. The second-order valence-electron chi connectivity index (χ2n) is 10.5. The Hall–Kier alpha value is -4.68. The predicted octanol–water partition coefficient (Wildman–Crippen LogP) is 5.75. The van der Waals surface area contributed by atoms with Gasteiger partial charge in [-0.2, -0.15) is 0 Å². The first kappa shape index (κ1) is 27.2. The lowest BCUT2D eigenvalue weighted by atomic mass is 9.70. The Labute approximate surface area is 247 Å². The molecule has 2 unspecified atom stereocenters. The third-order valence-corrected chi connectivity index (χ3v) is 9.15. The van der Waals surface area contributed by atoms with Crippen molar-refractivity contribution in [3.8, 4) is 28.4 Å². The van der Waals surface area contributed by atoms with E-state index < -0.39 is 19.3 Å². The lowest BCUT2D eigenvalue weighted by Gasteiger charge is -2.38. The molecule has 214 valence electrons. The van der Waals surface area contributed by atoms with Crippen LogP contribution in [0, 0.1) is 0 Å². The molecule has 0 fully saturated rings. The van der Waals surface area contributed by atoms with E-state index >= 15 is 0 Å². The number of phosphoric ester groups is 1. The van der Waals surface area contributed by atoms with Gasteiger partial charge in [0.15, 0.2) is 11.9 Å². The number of rotatable bonds is 5. The molecule has 1 aliphatic carbocycles. The fraction of sp³-hybridized carbons (Fsp3) is 0.114. The highest BCUT2D eigenvalue weighted by molar-refractivity contribution is 7.48. The zero-order valence-electron chi connectivity index (χ0n) is 23.4. The van der Waals surface area contributed by atoms with Crippen LogP contribution in [0.15, 0.2) is 103 Å². The quantitative estimate of drug-likeness (QED) is 0.206. The Kier molecular flexibility index (Phi) is 6.47. The Bertz CT molecular complexity index is 2070. The molecule has 1 N–H and O–H groups in total. The fourth-order valence-electron chi connectivity index (χ4n) is 6.26. The summed E-state index contributed by atoms with van der Waals surface area (Å²) in [6, 6.07) is 31.9. The van der Waals surface area contributed by atoms with Gasteiger partial charge in [0, 0.05) is 22.6 Å². The van der Waals surface area contributed by atoms with Gasteiger partial charge in [0.1, 0.15) is 17.2 Å². The van der Waals surface area contributed by atoms with Gasteiger partial charge < -0.3 is 14.0 Å². The zero-order valence-corrected chi connectivity index (χ0v) is 24.3. The van der Waals surface area contributed by atoms with Gasteiger partial charge in [-0.15, -0.1) is 0 Å². The van der Waals surface area contributed by atoms with Crippen LogP contribution in [-0.4, -0.2) is 31.0 Å². The summed E-state index contributed by atoms with van der Waals surface area (Å²) in [6.45, 7) is 0. The molecular formula is C35H27O7P. The molecule has 43 heavy (non-hydrogen) atoms. The van der Waals surface area contributed by atoms with E-state index in [4.69, 9.17) is 18.5 Å². The van der Waals surface area contributed by atoms with Gasteiger partial charge >= 0.3 is 7.82 Å². The molecule has 1 heterocycles. The third-order valence-electron chi connectivity index (χ3n) is 8.20. The normalized spacial score (nSPS) is 22.2. The van der Waals surface area contributed by atoms with E-state index in [1.54, 1.807) is 26.4 Å². The van der Waals surface area contributed by atoms with E-state index in [1.807, 2.05) is 97.1 Å². The van der Waals surface area contributed by atoms with Crippen molar-refractivity contribution < 1.29 is 32.8 Å². The Morgan fingerprint density at radius 3 is 2.21 bits per heavy atom. The second-order valence-corrected chi connectivity index (χ2v) is 11.8. The number of hydrogen-bond donors (Lipinski definition) is 1. The minimum absolute atomic E-state index is 0.165. The average Bonchev–Trinajstić information content (AvgIpc) is 3.15. The molecule has 0 amide bonds. The van der Waals surface area contributed by atoms with E-state index in [2.05, 4.69) is 0 Å². The van der Waals surface area contributed by atoms with Crippen LogP contribution in [-0.2, 0) is 13.9 Å². The molecule has 0 bridgehead atoms. The number of benzene rings is 5. The van der Waals surface area contributed by atoms with E-state index in [9.17, 15) is 14.3 Å². The van der Waals surface area contributed by atoms with Crippen LogP contribution in [0.5, 0.6) is 17.2 Å². The number of carbonyl (C=O) groups is 1. The largest absolute Gasteiger partial charge is 0.528 e. The number of aldehydes is 1. The number of carbonyl (C=O) groups excluding carboxylic acids is 1. The van der Waals surface area contributed by atoms with Crippen LogP contribution in [0.1, 0.15) is 17.0 Å². The van der Waals surface area contributed by atoms with Crippen LogP contribution < -0.4 is 24.4 Å². The van der Waals surface area contributed by atoms with Gasteiger partial charge in [-0.1, -0.05) is 78.9 Å². The minimum Gasteiger partial charge on any atom is -0.497 e. The van der Waals surface area contributed by atoms with Crippen molar-refractivity contribution in [2.75, 3.05) is 14.2 Å². The maximum atomic E-state index is 13.9. The summed E-state index contributed by atoms with van der Waals surface area (Å²) in [7, 11) is -1.72. The van der Waals surface area contributed by atoms with Gasteiger partial charge in [0.2, 0.25) is 0 Å². The van der Waals surface area contributed by atoms with Crippen molar-refractivity contribution in [1.82, 2.24) is 0 Å². The molecule has 0 radical (unpaired) electrons. The summed E-state index contributed by atoms with van der Waals surface area (Å²) in [4.78, 5) is 24.9. The smallest absolute Gasteiger partial charge is 0.497 e. The molecule has 8 heteroatoms. The molecule has 5 aromatic rings. The summed E-state index contributed by atoms with van der Waals surface area (Å²) < 4.78 is 36.7. The van der Waals surface area contributed by atoms with Gasteiger partial charge in [-0.3, -0.25) is 14.2 Å². The second kappa shape index (κ2) is 10.2. The molecular weight excluding hydrogens is 563 g/mol. The van der Waals surface area contributed by atoms with Gasteiger partial charge in [0.05, 0.1) is 14.2 Å². The SMILES string of the molecule is COc1ccc(-c2cc3ccccc3c3c2OP(=O)(O)O[C@@]2(C=O)C3=c3ccccc3=CC2c2ccc(OC)cc2)cc1. The average molecular weight is 591 g/mol. The molecule has 0 aromatic heterocycles. The van der Waals surface area contributed by atoms with E-state index in [-0.39, 0.29) is 5.75 Å². The van der Waals surface area contributed by atoms with Crippen LogP contribution in [0.25, 0.3) is 33.5 Å². The Balaban J connectivity index is 1.65. The van der Waals surface area contributed by atoms with Crippen molar-refractivity contribution in [2.45, 2.75) is 11.5 Å².